The number of nitrogens with two attached hydrogens (primary N) is 1. The molecule has 0 radical (unpaired) electrons. The molecule has 0 amide bonds. The van der Waals surface area contributed by atoms with Crippen molar-refractivity contribution >= 4 is 5.97 Å². The van der Waals surface area contributed by atoms with Crippen molar-refractivity contribution in [1.29, 1.82) is 0 Å². The standard InChI is InChI=1S/C12H17NO2/c1-12(2,3)9-7-5-4-6-8(9)10(13)11(14)15/h4-7,10H,13H2,1-3H3,(H,14,15). The van der Waals surface area contributed by atoms with Crippen LogP contribution in [0.5, 0.6) is 0 Å². The molecular weight excluding hydrogens is 190 g/mol. The fraction of sp³-hybridized carbons (Fsp3) is 0.417. The Morgan fingerprint density at radius 1 is 1.33 bits per heavy atom. The monoisotopic (exact) mass is 207 g/mol. The van der Waals surface area contributed by atoms with Crippen molar-refractivity contribution in [1.82, 2.24) is 0 Å². The minimum Gasteiger partial charge on any atom is -0.480 e. The van der Waals surface area contributed by atoms with Gasteiger partial charge in [-0.25, -0.2) is 0 Å². The summed E-state index contributed by atoms with van der Waals surface area (Å²) in [6.45, 7) is 6.13. The molecule has 0 aromatic heterocycles. The number of hydrogen-bond acceptors (Lipinski definition) is 2. The van der Waals surface area contributed by atoms with Crippen LogP contribution in [0.4, 0.5) is 0 Å². The molecule has 0 bridgehead atoms. The Kier molecular flexibility index (Phi) is 3.15. The van der Waals surface area contributed by atoms with Crippen LogP contribution in [0.3, 0.4) is 0 Å². The molecule has 0 saturated carbocycles. The molecule has 0 heterocycles. The lowest BCUT2D eigenvalue weighted by molar-refractivity contribution is -0.138. The molecule has 0 aliphatic heterocycles. The average molecular weight is 207 g/mol. The molecule has 0 aliphatic rings. The Morgan fingerprint density at radius 2 is 1.87 bits per heavy atom. The summed E-state index contributed by atoms with van der Waals surface area (Å²) >= 11 is 0. The Balaban J connectivity index is 3.24. The van der Waals surface area contributed by atoms with Crippen molar-refractivity contribution in [3.05, 3.63) is 35.4 Å². The Morgan fingerprint density at radius 3 is 2.33 bits per heavy atom. The van der Waals surface area contributed by atoms with Gasteiger partial charge in [0.05, 0.1) is 0 Å². The summed E-state index contributed by atoms with van der Waals surface area (Å²) < 4.78 is 0. The highest BCUT2D eigenvalue weighted by molar-refractivity contribution is 5.76. The fourth-order valence-electron chi connectivity index (χ4n) is 1.58. The molecular formula is C12H17NO2. The van der Waals surface area contributed by atoms with E-state index in [4.69, 9.17) is 10.8 Å². The second-order valence-electron chi connectivity index (χ2n) is 4.65. The van der Waals surface area contributed by atoms with Gasteiger partial charge < -0.3 is 10.8 Å². The Bertz CT molecular complexity index is 366. The minimum absolute atomic E-state index is 0.0936. The van der Waals surface area contributed by atoms with E-state index in [1.807, 2.05) is 39.0 Å². The highest BCUT2D eigenvalue weighted by atomic mass is 16.4. The maximum Gasteiger partial charge on any atom is 0.325 e. The van der Waals surface area contributed by atoms with Gasteiger partial charge >= 0.3 is 5.97 Å². The zero-order valence-corrected chi connectivity index (χ0v) is 9.32. The van der Waals surface area contributed by atoms with E-state index >= 15 is 0 Å². The van der Waals surface area contributed by atoms with Crippen molar-refractivity contribution < 1.29 is 9.90 Å². The molecule has 3 nitrogen and oxygen atoms in total. The molecule has 3 heteroatoms. The number of carboxylic acids is 1. The third-order valence-corrected chi connectivity index (χ3v) is 2.37. The van der Waals surface area contributed by atoms with Crippen LogP contribution in [-0.4, -0.2) is 11.1 Å². The number of carboxylic acid groups (broad SMARTS) is 1. The van der Waals surface area contributed by atoms with Crippen LogP contribution in [0.2, 0.25) is 0 Å². The van der Waals surface area contributed by atoms with Crippen molar-refractivity contribution in [2.75, 3.05) is 0 Å². The minimum atomic E-state index is -0.994. The number of hydrogen-bond donors (Lipinski definition) is 2. The smallest absolute Gasteiger partial charge is 0.325 e. The lowest BCUT2D eigenvalue weighted by Crippen LogP contribution is -2.25. The van der Waals surface area contributed by atoms with Gasteiger partial charge in [-0.3, -0.25) is 4.79 Å². The molecule has 1 rings (SSSR count). The quantitative estimate of drug-likeness (QED) is 0.780. The van der Waals surface area contributed by atoms with Gasteiger partial charge in [-0.1, -0.05) is 45.0 Å². The molecule has 0 fully saturated rings. The van der Waals surface area contributed by atoms with Gasteiger partial charge in [0.1, 0.15) is 6.04 Å². The first-order valence-electron chi connectivity index (χ1n) is 4.92. The van der Waals surface area contributed by atoms with Crippen molar-refractivity contribution in [2.24, 2.45) is 5.73 Å². The predicted molar refractivity (Wildman–Crippen MR) is 59.7 cm³/mol. The van der Waals surface area contributed by atoms with E-state index in [1.165, 1.54) is 0 Å². The van der Waals surface area contributed by atoms with Crippen molar-refractivity contribution in [2.45, 2.75) is 32.2 Å². The third-order valence-electron chi connectivity index (χ3n) is 2.37. The van der Waals surface area contributed by atoms with Gasteiger partial charge in [0.25, 0.3) is 0 Å². The molecule has 1 aromatic carbocycles. The maximum atomic E-state index is 10.9. The van der Waals surface area contributed by atoms with Crippen LogP contribution in [0.1, 0.15) is 37.9 Å². The summed E-state index contributed by atoms with van der Waals surface area (Å²) in [5.41, 5.74) is 7.22. The molecule has 1 atom stereocenters. The van der Waals surface area contributed by atoms with Crippen LogP contribution in [0.25, 0.3) is 0 Å². The molecule has 0 saturated heterocycles. The molecule has 3 N–H and O–H groups in total. The van der Waals surface area contributed by atoms with Gasteiger partial charge in [-0.2, -0.15) is 0 Å². The summed E-state index contributed by atoms with van der Waals surface area (Å²) in [5.74, 6) is -0.994. The lowest BCUT2D eigenvalue weighted by Gasteiger charge is -2.24. The number of aliphatic carboxylic acids is 1. The van der Waals surface area contributed by atoms with E-state index < -0.39 is 12.0 Å². The zero-order valence-electron chi connectivity index (χ0n) is 9.32. The molecule has 0 aliphatic carbocycles. The largest absolute Gasteiger partial charge is 0.480 e. The van der Waals surface area contributed by atoms with Gasteiger partial charge in [0, 0.05) is 0 Å². The molecule has 1 unspecified atom stereocenters. The topological polar surface area (TPSA) is 63.3 Å². The molecule has 15 heavy (non-hydrogen) atoms. The lowest BCUT2D eigenvalue weighted by atomic mass is 9.82. The predicted octanol–water partition coefficient (Wildman–Crippen LogP) is 2.07. The van der Waals surface area contributed by atoms with E-state index in [1.54, 1.807) is 6.07 Å². The Hall–Kier alpha value is -1.35. The van der Waals surface area contributed by atoms with E-state index in [0.29, 0.717) is 5.56 Å². The number of rotatable bonds is 2. The summed E-state index contributed by atoms with van der Waals surface area (Å²) in [7, 11) is 0. The fourth-order valence-corrected chi connectivity index (χ4v) is 1.58. The van der Waals surface area contributed by atoms with E-state index in [2.05, 4.69) is 0 Å². The SMILES string of the molecule is CC(C)(C)c1ccccc1C(N)C(=O)O. The first-order valence-corrected chi connectivity index (χ1v) is 4.92. The Labute approximate surface area is 89.9 Å². The van der Waals surface area contributed by atoms with Crippen molar-refractivity contribution in [3.63, 3.8) is 0 Å². The van der Waals surface area contributed by atoms with E-state index in [0.717, 1.165) is 5.56 Å². The van der Waals surface area contributed by atoms with Crippen LogP contribution >= 0.6 is 0 Å². The molecule has 0 spiro atoms. The first kappa shape index (κ1) is 11.7. The van der Waals surface area contributed by atoms with Gasteiger partial charge in [-0.05, 0) is 16.5 Å². The first-order chi connectivity index (χ1) is 6.84. The summed E-state index contributed by atoms with van der Waals surface area (Å²) in [6, 6.07) is 6.48. The number of benzene rings is 1. The van der Waals surface area contributed by atoms with Crippen molar-refractivity contribution in [3.8, 4) is 0 Å². The van der Waals surface area contributed by atoms with Gasteiger partial charge in [0.2, 0.25) is 0 Å². The van der Waals surface area contributed by atoms with Crippen LogP contribution in [0.15, 0.2) is 24.3 Å². The molecule has 82 valence electrons. The van der Waals surface area contributed by atoms with Crippen LogP contribution in [0, 0.1) is 0 Å². The second kappa shape index (κ2) is 4.03. The maximum absolute atomic E-state index is 10.9. The average Bonchev–Trinajstić information content (AvgIpc) is 2.15. The second-order valence-corrected chi connectivity index (χ2v) is 4.65. The summed E-state index contributed by atoms with van der Waals surface area (Å²) in [5, 5.41) is 8.90. The molecule has 1 aromatic rings. The van der Waals surface area contributed by atoms with Gasteiger partial charge in [-0.15, -0.1) is 0 Å². The van der Waals surface area contributed by atoms with E-state index in [9.17, 15) is 4.79 Å². The number of carbonyl (C=O) groups is 1. The highest BCUT2D eigenvalue weighted by Crippen LogP contribution is 2.28. The van der Waals surface area contributed by atoms with E-state index in [-0.39, 0.29) is 5.41 Å². The van der Waals surface area contributed by atoms with Crippen LogP contribution in [-0.2, 0) is 10.2 Å². The highest BCUT2D eigenvalue weighted by Gasteiger charge is 2.23. The third kappa shape index (κ3) is 2.57. The van der Waals surface area contributed by atoms with Gasteiger partial charge in [0.15, 0.2) is 0 Å². The summed E-state index contributed by atoms with van der Waals surface area (Å²) in [6.07, 6.45) is 0. The van der Waals surface area contributed by atoms with Crippen LogP contribution < -0.4 is 5.73 Å². The summed E-state index contributed by atoms with van der Waals surface area (Å²) in [4.78, 5) is 10.9. The normalized spacial score (nSPS) is 13.6. The zero-order chi connectivity index (χ0) is 11.6.